The Kier molecular flexibility index (Phi) is 4.73. The van der Waals surface area contributed by atoms with E-state index in [2.05, 4.69) is 89.4 Å². The Hall–Kier alpha value is -2.08. The van der Waals surface area contributed by atoms with Gasteiger partial charge in [0.2, 0.25) is 0 Å². The maximum atomic E-state index is 4.08. The van der Waals surface area contributed by atoms with E-state index in [9.17, 15) is 0 Å². The highest BCUT2D eigenvalue weighted by Crippen LogP contribution is 2.54. The van der Waals surface area contributed by atoms with Crippen LogP contribution in [-0.2, 0) is 5.41 Å². The van der Waals surface area contributed by atoms with Gasteiger partial charge in [-0.25, -0.2) is 0 Å². The summed E-state index contributed by atoms with van der Waals surface area (Å²) in [5, 5.41) is 0. The smallest absolute Gasteiger partial charge is 0.0283 e. The van der Waals surface area contributed by atoms with Gasteiger partial charge in [0.25, 0.3) is 0 Å². The highest BCUT2D eigenvalue weighted by Gasteiger charge is 2.41. The quantitative estimate of drug-likeness (QED) is 0.486. The standard InChI is InChI=1S/C25H30/c1-7-13-25(14-8-2)23-15-19(17(3)4)9-11-21(23)22-12-10-20(18(5)6)16-24(22)25/h7-12,15-18H,1-2,13-14H2,3-6H3. The molecular formula is C25H30. The van der Waals surface area contributed by atoms with E-state index in [1.165, 1.54) is 33.4 Å². The molecule has 0 saturated carbocycles. The summed E-state index contributed by atoms with van der Waals surface area (Å²) in [7, 11) is 0. The summed E-state index contributed by atoms with van der Waals surface area (Å²) < 4.78 is 0. The monoisotopic (exact) mass is 330 g/mol. The molecule has 1 aliphatic carbocycles. The fraction of sp³-hybridized carbons (Fsp3) is 0.360. The van der Waals surface area contributed by atoms with Crippen LogP contribution in [-0.4, -0.2) is 0 Å². The lowest BCUT2D eigenvalue weighted by atomic mass is 9.72. The Bertz CT molecular complexity index is 735. The molecule has 0 amide bonds. The van der Waals surface area contributed by atoms with Gasteiger partial charge in [0, 0.05) is 5.41 Å². The van der Waals surface area contributed by atoms with Crippen molar-refractivity contribution in [1.29, 1.82) is 0 Å². The van der Waals surface area contributed by atoms with Crippen molar-refractivity contribution < 1.29 is 0 Å². The van der Waals surface area contributed by atoms with E-state index in [4.69, 9.17) is 0 Å². The van der Waals surface area contributed by atoms with Crippen molar-refractivity contribution in [1.82, 2.24) is 0 Å². The van der Waals surface area contributed by atoms with Crippen molar-refractivity contribution in [3.63, 3.8) is 0 Å². The molecule has 0 nitrogen and oxygen atoms in total. The third kappa shape index (κ3) is 2.78. The maximum absolute atomic E-state index is 4.08. The van der Waals surface area contributed by atoms with E-state index in [1.807, 2.05) is 0 Å². The topological polar surface area (TPSA) is 0 Å². The van der Waals surface area contributed by atoms with Crippen molar-refractivity contribution in [2.75, 3.05) is 0 Å². The molecule has 1 aliphatic rings. The first-order valence-corrected chi connectivity index (χ1v) is 9.45. The van der Waals surface area contributed by atoms with Gasteiger partial charge in [0.1, 0.15) is 0 Å². The Labute approximate surface area is 153 Å². The number of hydrogen-bond acceptors (Lipinski definition) is 0. The highest BCUT2D eigenvalue weighted by molar-refractivity contribution is 5.82. The van der Waals surface area contributed by atoms with Crippen LogP contribution in [0.1, 0.15) is 74.6 Å². The molecule has 25 heavy (non-hydrogen) atoms. The number of allylic oxidation sites excluding steroid dienone is 2. The van der Waals surface area contributed by atoms with Gasteiger partial charge >= 0.3 is 0 Å². The second-order valence-electron chi connectivity index (χ2n) is 7.99. The van der Waals surface area contributed by atoms with Gasteiger partial charge in [-0.15, -0.1) is 13.2 Å². The predicted molar refractivity (Wildman–Crippen MR) is 110 cm³/mol. The summed E-state index contributed by atoms with van der Waals surface area (Å²) in [4.78, 5) is 0. The van der Waals surface area contributed by atoms with Gasteiger partial charge in [0.05, 0.1) is 0 Å². The van der Waals surface area contributed by atoms with Crippen molar-refractivity contribution >= 4 is 0 Å². The fourth-order valence-electron chi connectivity index (χ4n) is 4.26. The minimum atomic E-state index is -0.0238. The lowest BCUT2D eigenvalue weighted by molar-refractivity contribution is 0.541. The molecule has 0 fully saturated rings. The summed E-state index contributed by atoms with van der Waals surface area (Å²) in [6.07, 6.45) is 6.04. The highest BCUT2D eigenvalue weighted by atomic mass is 14.4. The molecule has 0 spiro atoms. The maximum Gasteiger partial charge on any atom is 0.0283 e. The third-order valence-corrected chi connectivity index (χ3v) is 5.73. The average molecular weight is 331 g/mol. The van der Waals surface area contributed by atoms with Crippen LogP contribution in [0.15, 0.2) is 61.7 Å². The Morgan fingerprint density at radius 3 is 1.48 bits per heavy atom. The first-order valence-electron chi connectivity index (χ1n) is 9.45. The van der Waals surface area contributed by atoms with E-state index < -0.39 is 0 Å². The molecule has 0 unspecified atom stereocenters. The van der Waals surface area contributed by atoms with Gasteiger partial charge in [-0.1, -0.05) is 76.2 Å². The Morgan fingerprint density at radius 2 is 1.16 bits per heavy atom. The van der Waals surface area contributed by atoms with Crippen LogP contribution < -0.4 is 0 Å². The molecule has 0 N–H and O–H groups in total. The van der Waals surface area contributed by atoms with Gasteiger partial charge < -0.3 is 0 Å². The summed E-state index contributed by atoms with van der Waals surface area (Å²) >= 11 is 0. The van der Waals surface area contributed by atoms with Gasteiger partial charge in [0.15, 0.2) is 0 Å². The van der Waals surface area contributed by atoms with Crippen molar-refractivity contribution in [2.45, 2.75) is 57.8 Å². The lowest BCUT2D eigenvalue weighted by Crippen LogP contribution is -2.24. The van der Waals surface area contributed by atoms with Crippen LogP contribution in [0.2, 0.25) is 0 Å². The molecular weight excluding hydrogens is 300 g/mol. The molecule has 0 radical (unpaired) electrons. The molecule has 0 atom stereocenters. The molecule has 0 saturated heterocycles. The molecule has 0 heterocycles. The van der Waals surface area contributed by atoms with Crippen molar-refractivity contribution in [3.05, 3.63) is 84.0 Å². The SMILES string of the molecule is C=CCC1(CC=C)c2cc(C(C)C)ccc2-c2ccc(C(C)C)cc21. The molecule has 130 valence electrons. The molecule has 0 aliphatic heterocycles. The van der Waals surface area contributed by atoms with Crippen molar-refractivity contribution in [3.8, 4) is 11.1 Å². The number of fused-ring (bicyclic) bond motifs is 3. The minimum absolute atomic E-state index is 0.0238. The van der Waals surface area contributed by atoms with Crippen LogP contribution in [0.5, 0.6) is 0 Å². The molecule has 2 aromatic carbocycles. The summed E-state index contributed by atoms with van der Waals surface area (Å²) in [6, 6.07) is 14.1. The Balaban J connectivity index is 2.32. The van der Waals surface area contributed by atoms with E-state index in [0.29, 0.717) is 11.8 Å². The van der Waals surface area contributed by atoms with Crippen LogP contribution in [0, 0.1) is 0 Å². The Morgan fingerprint density at radius 1 is 0.760 bits per heavy atom. The van der Waals surface area contributed by atoms with Crippen molar-refractivity contribution in [2.24, 2.45) is 0 Å². The minimum Gasteiger partial charge on any atom is -0.103 e. The van der Waals surface area contributed by atoms with E-state index in [0.717, 1.165) is 12.8 Å². The zero-order valence-corrected chi connectivity index (χ0v) is 16.1. The first kappa shape index (κ1) is 17.7. The van der Waals surface area contributed by atoms with Crippen LogP contribution in [0.25, 0.3) is 11.1 Å². The van der Waals surface area contributed by atoms with E-state index >= 15 is 0 Å². The second-order valence-corrected chi connectivity index (χ2v) is 7.99. The molecule has 3 rings (SSSR count). The average Bonchev–Trinajstić information content (AvgIpc) is 2.85. The molecule has 0 heteroatoms. The van der Waals surface area contributed by atoms with Gasteiger partial charge in [-0.05, 0) is 58.1 Å². The van der Waals surface area contributed by atoms with E-state index in [-0.39, 0.29) is 5.41 Å². The fourth-order valence-corrected chi connectivity index (χ4v) is 4.26. The van der Waals surface area contributed by atoms with Gasteiger partial charge in [-0.2, -0.15) is 0 Å². The summed E-state index contributed by atoms with van der Waals surface area (Å²) in [5.74, 6) is 1.07. The third-order valence-electron chi connectivity index (χ3n) is 5.73. The molecule has 0 bridgehead atoms. The van der Waals surface area contributed by atoms with Gasteiger partial charge in [-0.3, -0.25) is 0 Å². The zero-order valence-electron chi connectivity index (χ0n) is 16.1. The summed E-state index contributed by atoms with van der Waals surface area (Å²) in [6.45, 7) is 17.2. The number of benzene rings is 2. The van der Waals surface area contributed by atoms with E-state index in [1.54, 1.807) is 0 Å². The van der Waals surface area contributed by atoms with Crippen LogP contribution >= 0.6 is 0 Å². The number of hydrogen-bond donors (Lipinski definition) is 0. The summed E-state index contributed by atoms with van der Waals surface area (Å²) in [5.41, 5.74) is 8.48. The normalized spacial score (nSPS) is 14.5. The van der Waals surface area contributed by atoms with Crippen LogP contribution in [0.4, 0.5) is 0 Å². The largest absolute Gasteiger partial charge is 0.103 e. The molecule has 2 aromatic rings. The predicted octanol–water partition coefficient (Wildman–Crippen LogP) is 7.35. The molecule has 0 aromatic heterocycles. The first-order chi connectivity index (χ1) is 11.9. The van der Waals surface area contributed by atoms with Crippen LogP contribution in [0.3, 0.4) is 0 Å². The number of rotatable bonds is 6. The second kappa shape index (κ2) is 6.67. The zero-order chi connectivity index (χ0) is 18.2. The lowest BCUT2D eigenvalue weighted by Gasteiger charge is -2.31.